The molecule has 1 aromatic carbocycles. The van der Waals surface area contributed by atoms with Crippen LogP contribution >= 0.6 is 0 Å². The highest BCUT2D eigenvalue weighted by Crippen LogP contribution is 2.50. The molecule has 4 atom stereocenters. The number of carbonyl (C=O) groups excluding carboxylic acids is 4. The number of nitrogens with two attached hydrogens (primary N) is 2. The lowest BCUT2D eigenvalue weighted by Crippen LogP contribution is -2.54. The summed E-state index contributed by atoms with van der Waals surface area (Å²) in [5, 5.41) is 34.8. The second-order valence-electron chi connectivity index (χ2n) is 10.1. The van der Waals surface area contributed by atoms with Gasteiger partial charge in [-0.05, 0) is 50.6 Å². The number of aromatic hydroxyl groups is 1. The van der Waals surface area contributed by atoms with E-state index in [4.69, 9.17) is 11.5 Å². The molecule has 1 aliphatic heterocycles. The molecule has 1 aromatic rings. The first-order valence-corrected chi connectivity index (χ1v) is 12.1. The summed E-state index contributed by atoms with van der Waals surface area (Å²) in [6, 6.07) is -0.267. The SMILES string of the molecule is NC(=O)C1=C(O)[C@@H](N)[C@@H]2C[C@@H]3Cc4c(F)cc(NC(=O)CN5CCCC5)c(O)c4C(O)=C3C(=O)[C@@H]2C1=O. The quantitative estimate of drug-likeness (QED) is 0.187. The molecule has 37 heavy (non-hydrogen) atoms. The number of rotatable bonds is 4. The number of phenolic OH excluding ortho intramolecular Hbond substituents is 1. The Labute approximate surface area is 210 Å². The molecule has 0 bridgehead atoms. The first-order chi connectivity index (χ1) is 17.5. The molecule has 12 heteroatoms. The van der Waals surface area contributed by atoms with Crippen molar-refractivity contribution in [3.63, 3.8) is 0 Å². The van der Waals surface area contributed by atoms with Crippen LogP contribution in [0, 0.1) is 23.6 Å². The number of hydrogen-bond donors (Lipinski definition) is 6. The third-order valence-corrected chi connectivity index (χ3v) is 7.88. The highest BCUT2D eigenvalue weighted by Gasteiger charge is 2.54. The molecular formula is C25H27FN4O7. The molecule has 5 rings (SSSR count). The van der Waals surface area contributed by atoms with E-state index < -0.39 is 75.8 Å². The van der Waals surface area contributed by atoms with E-state index >= 15 is 4.39 Å². The molecule has 11 nitrogen and oxygen atoms in total. The number of fused-ring (bicyclic) bond motifs is 3. The first kappa shape index (κ1) is 24.9. The Morgan fingerprint density at radius 2 is 1.81 bits per heavy atom. The lowest BCUT2D eigenvalue weighted by atomic mass is 9.60. The molecule has 196 valence electrons. The average Bonchev–Trinajstić information content (AvgIpc) is 3.33. The zero-order chi connectivity index (χ0) is 26.8. The van der Waals surface area contributed by atoms with E-state index in [1.807, 2.05) is 4.90 Å². The fraction of sp³-hybridized carbons (Fsp3) is 0.440. The topological polar surface area (TPSA) is 196 Å². The van der Waals surface area contributed by atoms with Gasteiger partial charge >= 0.3 is 0 Å². The molecule has 0 radical (unpaired) electrons. The molecule has 3 aliphatic carbocycles. The summed E-state index contributed by atoms with van der Waals surface area (Å²) in [6.07, 6.45) is 1.87. The maximum Gasteiger partial charge on any atom is 0.255 e. The molecular weight excluding hydrogens is 487 g/mol. The Morgan fingerprint density at radius 3 is 2.46 bits per heavy atom. The molecule has 8 N–H and O–H groups in total. The molecule has 2 amide bonds. The second kappa shape index (κ2) is 8.96. The zero-order valence-corrected chi connectivity index (χ0v) is 19.8. The number of phenols is 1. The minimum absolute atomic E-state index is 0.0345. The minimum atomic E-state index is -1.47. The Hall–Kier alpha value is -3.77. The molecule has 1 saturated heterocycles. The molecule has 1 saturated carbocycles. The van der Waals surface area contributed by atoms with E-state index in [2.05, 4.69) is 5.32 Å². The van der Waals surface area contributed by atoms with E-state index in [0.29, 0.717) is 0 Å². The smallest absolute Gasteiger partial charge is 0.255 e. The number of amides is 2. The van der Waals surface area contributed by atoms with Gasteiger partial charge in [-0.15, -0.1) is 0 Å². The lowest BCUT2D eigenvalue weighted by Gasteiger charge is -2.43. The molecule has 4 aliphatic rings. The first-order valence-electron chi connectivity index (χ1n) is 12.1. The van der Waals surface area contributed by atoms with E-state index in [1.54, 1.807) is 0 Å². The highest BCUT2D eigenvalue weighted by molar-refractivity contribution is 6.28. The van der Waals surface area contributed by atoms with Gasteiger partial charge in [0.1, 0.15) is 22.9 Å². The highest BCUT2D eigenvalue weighted by atomic mass is 19.1. The number of likely N-dealkylation sites (tertiary alicyclic amines) is 1. The van der Waals surface area contributed by atoms with Gasteiger partial charge < -0.3 is 32.1 Å². The van der Waals surface area contributed by atoms with Gasteiger partial charge in [0, 0.05) is 17.2 Å². The van der Waals surface area contributed by atoms with Gasteiger partial charge in [-0.3, -0.25) is 24.1 Å². The number of nitrogens with zero attached hydrogens (tertiary/aromatic N) is 1. The number of anilines is 1. The maximum atomic E-state index is 15.2. The van der Waals surface area contributed by atoms with Crippen LogP contribution in [0.5, 0.6) is 5.75 Å². The van der Waals surface area contributed by atoms with E-state index in [9.17, 15) is 34.5 Å². The summed E-state index contributed by atoms with van der Waals surface area (Å²) in [7, 11) is 0. The van der Waals surface area contributed by atoms with Crippen molar-refractivity contribution in [3.05, 3.63) is 39.9 Å². The average molecular weight is 515 g/mol. The van der Waals surface area contributed by atoms with Gasteiger partial charge in [0.25, 0.3) is 5.91 Å². The number of hydrogen-bond acceptors (Lipinski definition) is 9. The summed E-state index contributed by atoms with van der Waals surface area (Å²) >= 11 is 0. The van der Waals surface area contributed by atoms with E-state index in [1.165, 1.54) is 0 Å². The number of aliphatic hydroxyl groups excluding tert-OH is 2. The number of ketones is 2. The van der Waals surface area contributed by atoms with Gasteiger partial charge in [-0.25, -0.2) is 4.39 Å². The number of Topliss-reactive ketones (excluding diaryl/α,β-unsaturated/α-hetero) is 2. The number of aliphatic hydroxyl groups is 2. The summed E-state index contributed by atoms with van der Waals surface area (Å²) in [6.45, 7) is 1.56. The fourth-order valence-corrected chi connectivity index (χ4v) is 6.15. The number of nitrogens with one attached hydrogen (secondary N) is 1. The van der Waals surface area contributed by atoms with Gasteiger partial charge in [0.05, 0.1) is 29.8 Å². The summed E-state index contributed by atoms with van der Waals surface area (Å²) < 4.78 is 15.2. The van der Waals surface area contributed by atoms with Crippen LogP contribution in [-0.4, -0.2) is 69.3 Å². The van der Waals surface area contributed by atoms with Crippen molar-refractivity contribution in [2.45, 2.75) is 31.7 Å². The van der Waals surface area contributed by atoms with Crippen LogP contribution in [0.3, 0.4) is 0 Å². The maximum absolute atomic E-state index is 15.2. The summed E-state index contributed by atoms with van der Waals surface area (Å²) in [5.74, 6) is -9.46. The molecule has 2 fully saturated rings. The molecule has 1 heterocycles. The third kappa shape index (κ3) is 3.87. The van der Waals surface area contributed by atoms with Gasteiger partial charge in [-0.2, -0.15) is 0 Å². The van der Waals surface area contributed by atoms with Crippen LogP contribution in [0.2, 0.25) is 0 Å². The van der Waals surface area contributed by atoms with Crippen molar-refractivity contribution in [1.82, 2.24) is 4.90 Å². The minimum Gasteiger partial charge on any atom is -0.510 e. The summed E-state index contributed by atoms with van der Waals surface area (Å²) in [4.78, 5) is 52.6. The van der Waals surface area contributed by atoms with Crippen LogP contribution in [-0.2, 0) is 25.6 Å². The van der Waals surface area contributed by atoms with Gasteiger partial charge in [0.15, 0.2) is 17.3 Å². The lowest BCUT2D eigenvalue weighted by molar-refractivity contribution is -0.135. The van der Waals surface area contributed by atoms with Gasteiger partial charge in [0.2, 0.25) is 5.91 Å². The van der Waals surface area contributed by atoms with Crippen LogP contribution in [0.4, 0.5) is 10.1 Å². The molecule has 0 spiro atoms. The number of allylic oxidation sites excluding steroid dienone is 1. The van der Waals surface area contributed by atoms with Crippen molar-refractivity contribution in [3.8, 4) is 5.75 Å². The number of benzene rings is 1. The Balaban J connectivity index is 1.52. The van der Waals surface area contributed by atoms with Crippen molar-refractivity contribution >= 4 is 34.8 Å². The predicted molar refractivity (Wildman–Crippen MR) is 128 cm³/mol. The standard InChI is InChI=1S/C25H27FN4O7/c26-12-7-13(29-14(31)8-30-3-1-2-4-30)20(32)16-10(12)5-9-6-11-17(22(34)15(9)21(16)33)23(35)18(25(28)37)24(36)19(11)27/h7,9,11,17,19,32-33,36H,1-6,8,27H2,(H2,28,37)(H,29,31)/t9-,11+,17+,19-/m0/s1. The van der Waals surface area contributed by atoms with Crippen LogP contribution in [0.15, 0.2) is 23.0 Å². The Morgan fingerprint density at radius 1 is 1.14 bits per heavy atom. The number of primary amides is 1. The number of carbonyl (C=O) groups is 4. The second-order valence-corrected chi connectivity index (χ2v) is 10.1. The van der Waals surface area contributed by atoms with Crippen LogP contribution in [0.1, 0.15) is 30.4 Å². The Kier molecular flexibility index (Phi) is 6.03. The summed E-state index contributed by atoms with van der Waals surface area (Å²) in [5.41, 5.74) is 9.68. The van der Waals surface area contributed by atoms with E-state index in [0.717, 1.165) is 32.0 Å². The zero-order valence-electron chi connectivity index (χ0n) is 19.8. The van der Waals surface area contributed by atoms with E-state index in [-0.39, 0.29) is 41.8 Å². The molecule has 0 aromatic heterocycles. The van der Waals surface area contributed by atoms with Crippen LogP contribution < -0.4 is 16.8 Å². The third-order valence-electron chi connectivity index (χ3n) is 7.88. The van der Waals surface area contributed by atoms with Crippen molar-refractivity contribution in [2.75, 3.05) is 25.0 Å². The van der Waals surface area contributed by atoms with Crippen molar-refractivity contribution in [2.24, 2.45) is 29.2 Å². The largest absolute Gasteiger partial charge is 0.510 e. The Bertz CT molecular complexity index is 1310. The van der Waals surface area contributed by atoms with Crippen molar-refractivity contribution in [1.29, 1.82) is 0 Å². The monoisotopic (exact) mass is 514 g/mol. The van der Waals surface area contributed by atoms with Crippen molar-refractivity contribution < 1.29 is 38.9 Å². The normalized spacial score (nSPS) is 27.6. The predicted octanol–water partition coefficient (Wildman–Crippen LogP) is 0.420. The molecule has 0 unspecified atom stereocenters. The number of halogens is 1. The van der Waals surface area contributed by atoms with Crippen LogP contribution in [0.25, 0.3) is 5.76 Å². The fourth-order valence-electron chi connectivity index (χ4n) is 6.15. The van der Waals surface area contributed by atoms with Gasteiger partial charge in [-0.1, -0.05) is 0 Å².